The van der Waals surface area contributed by atoms with Crippen LogP contribution in [-0.2, 0) is 0 Å². The molecule has 4 heteroatoms. The van der Waals surface area contributed by atoms with E-state index in [4.69, 9.17) is 6.42 Å². The van der Waals surface area contributed by atoms with Gasteiger partial charge in [0.25, 0.3) is 0 Å². The molecule has 1 aliphatic rings. The van der Waals surface area contributed by atoms with Gasteiger partial charge in [0.1, 0.15) is 0 Å². The first kappa shape index (κ1) is 13.9. The van der Waals surface area contributed by atoms with Crippen LogP contribution in [0.1, 0.15) is 12.8 Å². The van der Waals surface area contributed by atoms with Gasteiger partial charge in [0.15, 0.2) is 0 Å². The van der Waals surface area contributed by atoms with Gasteiger partial charge in [-0.2, -0.15) is 0 Å². The van der Waals surface area contributed by atoms with Crippen molar-refractivity contribution < 1.29 is 0 Å². The summed E-state index contributed by atoms with van der Waals surface area (Å²) in [5, 5.41) is 3.60. The van der Waals surface area contributed by atoms with E-state index in [-0.39, 0.29) is 0 Å². The summed E-state index contributed by atoms with van der Waals surface area (Å²) in [6.07, 6.45) is 7.61. The zero-order chi connectivity index (χ0) is 13.0. The van der Waals surface area contributed by atoms with Gasteiger partial charge in [0.2, 0.25) is 0 Å². The average molecular weight is 372 g/mol. The molecule has 0 radical (unpaired) electrons. The summed E-state index contributed by atoms with van der Waals surface area (Å²) >= 11 is 7.07. The van der Waals surface area contributed by atoms with Gasteiger partial charge in [-0.15, -0.1) is 6.42 Å². The van der Waals surface area contributed by atoms with Crippen LogP contribution in [0.3, 0.4) is 0 Å². The highest BCUT2D eigenvalue weighted by molar-refractivity contribution is 9.11. The number of hydrogen-bond acceptors (Lipinski definition) is 2. The molecule has 2 nitrogen and oxygen atoms in total. The highest BCUT2D eigenvalue weighted by Crippen LogP contribution is 2.28. The standard InChI is InChI=1S/C14H16Br2N2/c1-2-7-18-8-5-12(6-9-18)17-14-10-11(15)3-4-13(14)16/h1,3-4,10,12,17H,5-9H2. The first-order chi connectivity index (χ1) is 8.69. The number of piperidine rings is 1. The topological polar surface area (TPSA) is 15.3 Å². The molecular formula is C14H16Br2N2. The minimum atomic E-state index is 0.532. The van der Waals surface area contributed by atoms with E-state index in [1.165, 1.54) is 0 Å². The van der Waals surface area contributed by atoms with Crippen LogP contribution in [0, 0.1) is 12.3 Å². The maximum atomic E-state index is 5.34. The van der Waals surface area contributed by atoms with Gasteiger partial charge in [-0.25, -0.2) is 0 Å². The summed E-state index contributed by atoms with van der Waals surface area (Å²) in [6, 6.07) is 6.73. The first-order valence-electron chi connectivity index (χ1n) is 6.06. The summed E-state index contributed by atoms with van der Waals surface area (Å²) in [4.78, 5) is 2.33. The van der Waals surface area contributed by atoms with Crippen LogP contribution in [0.4, 0.5) is 5.69 Å². The number of nitrogens with one attached hydrogen (secondary N) is 1. The smallest absolute Gasteiger partial charge is 0.0598 e. The molecule has 0 atom stereocenters. The minimum absolute atomic E-state index is 0.532. The Labute approximate surface area is 125 Å². The van der Waals surface area contributed by atoms with E-state index in [1.54, 1.807) is 0 Å². The van der Waals surface area contributed by atoms with E-state index in [0.717, 1.165) is 47.1 Å². The second-order valence-electron chi connectivity index (χ2n) is 4.52. The van der Waals surface area contributed by atoms with Crippen LogP contribution >= 0.6 is 31.9 Å². The van der Waals surface area contributed by atoms with E-state index >= 15 is 0 Å². The molecule has 0 amide bonds. The highest BCUT2D eigenvalue weighted by Gasteiger charge is 2.18. The lowest BCUT2D eigenvalue weighted by Gasteiger charge is -2.31. The fraction of sp³-hybridized carbons (Fsp3) is 0.429. The van der Waals surface area contributed by atoms with Crippen molar-refractivity contribution in [2.75, 3.05) is 25.0 Å². The molecule has 1 fully saturated rings. The molecule has 1 N–H and O–H groups in total. The van der Waals surface area contributed by atoms with Gasteiger partial charge < -0.3 is 5.32 Å². The Kier molecular flexibility index (Phi) is 5.11. The number of likely N-dealkylation sites (tertiary alicyclic amines) is 1. The Balaban J connectivity index is 1.92. The van der Waals surface area contributed by atoms with Gasteiger partial charge in [-0.3, -0.25) is 4.90 Å². The molecule has 1 heterocycles. The predicted octanol–water partition coefficient (Wildman–Crippen LogP) is 3.72. The quantitative estimate of drug-likeness (QED) is 0.814. The number of nitrogens with zero attached hydrogens (tertiary/aromatic N) is 1. The Morgan fingerprint density at radius 3 is 2.72 bits per heavy atom. The maximum Gasteiger partial charge on any atom is 0.0598 e. The molecule has 1 aromatic carbocycles. The highest BCUT2D eigenvalue weighted by atomic mass is 79.9. The number of hydrogen-bond donors (Lipinski definition) is 1. The zero-order valence-electron chi connectivity index (χ0n) is 10.1. The first-order valence-corrected chi connectivity index (χ1v) is 7.65. The van der Waals surface area contributed by atoms with Gasteiger partial charge in [-0.1, -0.05) is 21.9 Å². The SMILES string of the molecule is C#CCN1CCC(Nc2cc(Br)ccc2Br)CC1. The number of rotatable bonds is 3. The van der Waals surface area contributed by atoms with Gasteiger partial charge in [0.05, 0.1) is 6.54 Å². The Hall–Kier alpha value is -0.500. The van der Waals surface area contributed by atoms with Crippen LogP contribution in [0.5, 0.6) is 0 Å². The number of benzene rings is 1. The molecule has 96 valence electrons. The van der Waals surface area contributed by atoms with Crippen LogP contribution in [0.25, 0.3) is 0 Å². The molecule has 1 saturated heterocycles. The van der Waals surface area contributed by atoms with E-state index in [9.17, 15) is 0 Å². The molecule has 0 unspecified atom stereocenters. The molecule has 2 rings (SSSR count). The molecule has 1 aromatic rings. The molecule has 0 spiro atoms. The van der Waals surface area contributed by atoms with Crippen molar-refractivity contribution in [2.24, 2.45) is 0 Å². The molecular weight excluding hydrogens is 356 g/mol. The van der Waals surface area contributed by atoms with Crippen molar-refractivity contribution in [3.05, 3.63) is 27.1 Å². The lowest BCUT2D eigenvalue weighted by molar-refractivity contribution is 0.243. The van der Waals surface area contributed by atoms with Gasteiger partial charge >= 0.3 is 0 Å². The van der Waals surface area contributed by atoms with Crippen LogP contribution < -0.4 is 5.32 Å². The Morgan fingerprint density at radius 1 is 1.33 bits per heavy atom. The third-order valence-corrected chi connectivity index (χ3v) is 4.38. The summed E-state index contributed by atoms with van der Waals surface area (Å²) in [6.45, 7) is 2.92. The summed E-state index contributed by atoms with van der Waals surface area (Å²) in [5.41, 5.74) is 1.15. The Morgan fingerprint density at radius 2 is 2.06 bits per heavy atom. The van der Waals surface area contributed by atoms with Crippen molar-refractivity contribution in [1.29, 1.82) is 0 Å². The largest absolute Gasteiger partial charge is 0.381 e. The molecule has 1 aliphatic heterocycles. The monoisotopic (exact) mass is 370 g/mol. The van der Waals surface area contributed by atoms with Crippen molar-refractivity contribution in [1.82, 2.24) is 4.90 Å². The summed E-state index contributed by atoms with van der Waals surface area (Å²) in [5.74, 6) is 2.71. The average Bonchev–Trinajstić information content (AvgIpc) is 2.37. The fourth-order valence-corrected chi connectivity index (χ4v) is 2.91. The zero-order valence-corrected chi connectivity index (χ0v) is 13.3. The second kappa shape index (κ2) is 6.60. The maximum absolute atomic E-state index is 5.34. The molecule has 18 heavy (non-hydrogen) atoms. The summed E-state index contributed by atoms with van der Waals surface area (Å²) < 4.78 is 2.20. The van der Waals surface area contributed by atoms with Crippen molar-refractivity contribution >= 4 is 37.5 Å². The van der Waals surface area contributed by atoms with Crippen LogP contribution in [-0.4, -0.2) is 30.6 Å². The fourth-order valence-electron chi connectivity index (χ4n) is 2.19. The minimum Gasteiger partial charge on any atom is -0.381 e. The third-order valence-electron chi connectivity index (χ3n) is 3.19. The second-order valence-corrected chi connectivity index (χ2v) is 6.29. The van der Waals surface area contributed by atoms with Crippen molar-refractivity contribution in [2.45, 2.75) is 18.9 Å². The van der Waals surface area contributed by atoms with Gasteiger partial charge in [0, 0.05) is 33.8 Å². The molecule has 0 aromatic heterocycles. The van der Waals surface area contributed by atoms with Crippen molar-refractivity contribution in [3.8, 4) is 12.3 Å². The molecule has 0 saturated carbocycles. The summed E-state index contributed by atoms with van der Waals surface area (Å²) in [7, 11) is 0. The normalized spacial score (nSPS) is 17.4. The van der Waals surface area contributed by atoms with E-state index in [1.807, 2.05) is 6.07 Å². The van der Waals surface area contributed by atoms with E-state index in [0.29, 0.717) is 6.04 Å². The third kappa shape index (κ3) is 3.74. The van der Waals surface area contributed by atoms with E-state index < -0.39 is 0 Å². The molecule has 0 aliphatic carbocycles. The Bertz CT molecular complexity index is 446. The lowest BCUT2D eigenvalue weighted by atomic mass is 10.0. The van der Waals surface area contributed by atoms with E-state index in [2.05, 4.69) is 60.1 Å². The number of anilines is 1. The molecule has 0 bridgehead atoms. The number of halogens is 2. The van der Waals surface area contributed by atoms with Gasteiger partial charge in [-0.05, 0) is 47.0 Å². The van der Waals surface area contributed by atoms with Crippen LogP contribution in [0.15, 0.2) is 27.1 Å². The number of terminal acetylenes is 1. The predicted molar refractivity (Wildman–Crippen MR) is 83.8 cm³/mol. The van der Waals surface area contributed by atoms with Crippen LogP contribution in [0.2, 0.25) is 0 Å². The lowest BCUT2D eigenvalue weighted by Crippen LogP contribution is -2.39. The van der Waals surface area contributed by atoms with Crippen molar-refractivity contribution in [3.63, 3.8) is 0 Å².